The van der Waals surface area contributed by atoms with Crippen LogP contribution in [0.3, 0.4) is 0 Å². The van der Waals surface area contributed by atoms with Crippen LogP contribution in [-0.2, 0) is 17.8 Å². The largest absolute Gasteiger partial charge is 0.369 e. The molecule has 1 N–H and O–H groups in total. The van der Waals surface area contributed by atoms with Crippen LogP contribution >= 0.6 is 11.3 Å². The van der Waals surface area contributed by atoms with E-state index in [1.807, 2.05) is 5.38 Å². The minimum absolute atomic E-state index is 0.215. The van der Waals surface area contributed by atoms with Gasteiger partial charge in [0.1, 0.15) is 17.4 Å². The SMILES string of the molecule is O=C(Cn1nnn(-c2cccs2)c1=O)NCCc1cccc(F)c1. The summed E-state index contributed by atoms with van der Waals surface area (Å²) in [4.78, 5) is 24.0. The van der Waals surface area contributed by atoms with Gasteiger partial charge in [0, 0.05) is 6.54 Å². The molecule has 1 amide bonds. The molecular formula is C15H14FN5O2S. The van der Waals surface area contributed by atoms with E-state index in [-0.39, 0.29) is 18.3 Å². The van der Waals surface area contributed by atoms with E-state index in [1.165, 1.54) is 23.5 Å². The Morgan fingerprint density at radius 1 is 1.25 bits per heavy atom. The third-order valence-electron chi connectivity index (χ3n) is 3.27. The van der Waals surface area contributed by atoms with Gasteiger partial charge >= 0.3 is 5.69 Å². The van der Waals surface area contributed by atoms with Gasteiger partial charge in [0.05, 0.1) is 0 Å². The number of halogens is 1. The van der Waals surface area contributed by atoms with Gasteiger partial charge in [0.2, 0.25) is 5.91 Å². The maximum atomic E-state index is 13.1. The number of amides is 1. The lowest BCUT2D eigenvalue weighted by molar-refractivity contribution is -0.121. The number of carbonyl (C=O) groups is 1. The molecular weight excluding hydrogens is 333 g/mol. The predicted molar refractivity (Wildman–Crippen MR) is 86.6 cm³/mol. The number of hydrogen-bond donors (Lipinski definition) is 1. The minimum Gasteiger partial charge on any atom is -0.354 e. The highest BCUT2D eigenvalue weighted by atomic mass is 32.1. The Kier molecular flexibility index (Phi) is 4.80. The molecule has 0 unspecified atom stereocenters. The molecule has 0 bridgehead atoms. The first kappa shape index (κ1) is 16.1. The molecule has 7 nitrogen and oxygen atoms in total. The van der Waals surface area contributed by atoms with Crippen molar-refractivity contribution < 1.29 is 9.18 Å². The zero-order valence-corrected chi connectivity index (χ0v) is 13.4. The molecule has 3 rings (SSSR count). The third-order valence-corrected chi connectivity index (χ3v) is 4.12. The predicted octanol–water partition coefficient (Wildman–Crippen LogP) is 0.988. The monoisotopic (exact) mass is 347 g/mol. The highest BCUT2D eigenvalue weighted by Gasteiger charge is 2.12. The molecule has 0 aliphatic carbocycles. The van der Waals surface area contributed by atoms with Crippen LogP contribution in [0.5, 0.6) is 0 Å². The Hall–Kier alpha value is -2.81. The summed E-state index contributed by atoms with van der Waals surface area (Å²) >= 11 is 1.35. The molecule has 0 saturated carbocycles. The Morgan fingerprint density at radius 3 is 2.88 bits per heavy atom. The molecule has 0 aliphatic rings. The van der Waals surface area contributed by atoms with Gasteiger partial charge in [-0.3, -0.25) is 4.79 Å². The van der Waals surface area contributed by atoms with Gasteiger partial charge in [-0.2, -0.15) is 9.36 Å². The van der Waals surface area contributed by atoms with Crippen LogP contribution < -0.4 is 11.0 Å². The van der Waals surface area contributed by atoms with Crippen molar-refractivity contribution in [3.8, 4) is 5.00 Å². The summed E-state index contributed by atoms with van der Waals surface area (Å²) in [6, 6.07) is 9.73. The Morgan fingerprint density at radius 2 is 2.12 bits per heavy atom. The molecule has 9 heteroatoms. The van der Waals surface area contributed by atoms with Crippen LogP contribution in [0.2, 0.25) is 0 Å². The van der Waals surface area contributed by atoms with E-state index in [0.29, 0.717) is 18.0 Å². The summed E-state index contributed by atoms with van der Waals surface area (Å²) in [5, 5.41) is 12.6. The van der Waals surface area contributed by atoms with Crippen molar-refractivity contribution in [3.05, 3.63) is 63.6 Å². The summed E-state index contributed by atoms with van der Waals surface area (Å²) in [6.45, 7) is 0.128. The smallest absolute Gasteiger partial charge is 0.354 e. The lowest BCUT2D eigenvalue weighted by Crippen LogP contribution is -2.34. The number of nitrogens with zero attached hydrogens (tertiary/aromatic N) is 4. The van der Waals surface area contributed by atoms with Crippen LogP contribution in [0.25, 0.3) is 5.00 Å². The van der Waals surface area contributed by atoms with Gasteiger partial charge in [0.15, 0.2) is 0 Å². The average molecular weight is 347 g/mol. The number of rotatable bonds is 6. The topological polar surface area (TPSA) is 81.8 Å². The van der Waals surface area contributed by atoms with Crippen molar-refractivity contribution in [3.63, 3.8) is 0 Å². The van der Waals surface area contributed by atoms with Crippen LogP contribution in [0, 0.1) is 5.82 Å². The molecule has 0 saturated heterocycles. The standard InChI is InChI=1S/C15H14FN5O2S/c16-12-4-1-3-11(9-12)6-7-17-13(22)10-20-15(23)21(19-18-20)14-5-2-8-24-14/h1-5,8-9H,6-7,10H2,(H,17,22). The summed E-state index contributed by atoms with van der Waals surface area (Å²) in [5.74, 6) is -0.665. The average Bonchev–Trinajstić information content (AvgIpc) is 3.18. The first-order valence-corrected chi connectivity index (χ1v) is 8.09. The van der Waals surface area contributed by atoms with E-state index in [2.05, 4.69) is 15.7 Å². The van der Waals surface area contributed by atoms with Crippen molar-refractivity contribution >= 4 is 17.2 Å². The number of nitrogens with one attached hydrogen (secondary N) is 1. The highest BCUT2D eigenvalue weighted by molar-refractivity contribution is 7.12. The maximum absolute atomic E-state index is 13.1. The quantitative estimate of drug-likeness (QED) is 0.721. The number of carbonyl (C=O) groups excluding carboxylic acids is 1. The van der Waals surface area contributed by atoms with Crippen molar-refractivity contribution in [2.24, 2.45) is 0 Å². The number of thiophene rings is 1. The molecule has 1 aromatic carbocycles. The van der Waals surface area contributed by atoms with Crippen LogP contribution in [0.4, 0.5) is 4.39 Å². The van der Waals surface area contributed by atoms with Crippen molar-refractivity contribution in [1.82, 2.24) is 25.1 Å². The zero-order chi connectivity index (χ0) is 16.9. The highest BCUT2D eigenvalue weighted by Crippen LogP contribution is 2.10. The lowest BCUT2D eigenvalue weighted by Gasteiger charge is -2.04. The van der Waals surface area contributed by atoms with Gasteiger partial charge in [-0.05, 0) is 52.1 Å². The molecule has 0 atom stereocenters. The first-order chi connectivity index (χ1) is 11.6. The number of tetrazole rings is 1. The van der Waals surface area contributed by atoms with E-state index in [0.717, 1.165) is 14.9 Å². The summed E-state index contributed by atoms with van der Waals surface area (Å²) < 4.78 is 15.2. The van der Waals surface area contributed by atoms with E-state index in [1.54, 1.807) is 24.3 Å². The lowest BCUT2D eigenvalue weighted by atomic mass is 10.1. The molecule has 2 heterocycles. The van der Waals surface area contributed by atoms with Gasteiger partial charge in [-0.25, -0.2) is 9.18 Å². The number of benzene rings is 1. The molecule has 2 aromatic heterocycles. The molecule has 0 fully saturated rings. The molecule has 124 valence electrons. The maximum Gasteiger partial charge on any atom is 0.369 e. The van der Waals surface area contributed by atoms with Crippen molar-refractivity contribution in [1.29, 1.82) is 0 Å². The fraction of sp³-hybridized carbons (Fsp3) is 0.200. The van der Waals surface area contributed by atoms with Gasteiger partial charge in [-0.15, -0.1) is 11.3 Å². The van der Waals surface area contributed by atoms with E-state index in [9.17, 15) is 14.0 Å². The summed E-state index contributed by atoms with van der Waals surface area (Å²) in [6.07, 6.45) is 0.500. The van der Waals surface area contributed by atoms with Crippen LogP contribution in [-0.4, -0.2) is 32.2 Å². The molecule has 0 spiro atoms. The molecule has 3 aromatic rings. The second kappa shape index (κ2) is 7.18. The summed E-state index contributed by atoms with van der Waals surface area (Å²) in [5.41, 5.74) is 0.314. The molecule has 24 heavy (non-hydrogen) atoms. The fourth-order valence-corrected chi connectivity index (χ4v) is 2.80. The minimum atomic E-state index is -0.474. The zero-order valence-electron chi connectivity index (χ0n) is 12.6. The van der Waals surface area contributed by atoms with Gasteiger partial charge < -0.3 is 5.32 Å². The van der Waals surface area contributed by atoms with Crippen molar-refractivity contribution in [2.75, 3.05) is 6.54 Å². The Bertz CT molecular complexity index is 887. The normalized spacial score (nSPS) is 10.7. The second-order valence-corrected chi connectivity index (χ2v) is 5.94. The first-order valence-electron chi connectivity index (χ1n) is 7.21. The fourth-order valence-electron chi connectivity index (χ4n) is 2.13. The van der Waals surface area contributed by atoms with E-state index >= 15 is 0 Å². The van der Waals surface area contributed by atoms with Gasteiger partial charge in [0.25, 0.3) is 0 Å². The second-order valence-electron chi connectivity index (χ2n) is 5.01. The van der Waals surface area contributed by atoms with Crippen LogP contribution in [0.1, 0.15) is 5.56 Å². The number of hydrogen-bond acceptors (Lipinski definition) is 5. The third kappa shape index (κ3) is 3.74. The summed E-state index contributed by atoms with van der Waals surface area (Å²) in [7, 11) is 0. The van der Waals surface area contributed by atoms with E-state index in [4.69, 9.17) is 0 Å². The van der Waals surface area contributed by atoms with Gasteiger partial charge in [-0.1, -0.05) is 12.1 Å². The number of aromatic nitrogens is 4. The Labute approximate surface area is 140 Å². The molecule has 0 radical (unpaired) electrons. The Balaban J connectivity index is 1.55. The van der Waals surface area contributed by atoms with Crippen LogP contribution in [0.15, 0.2) is 46.6 Å². The molecule has 0 aliphatic heterocycles. The van der Waals surface area contributed by atoms with E-state index < -0.39 is 5.69 Å². The van der Waals surface area contributed by atoms with Crippen molar-refractivity contribution in [2.45, 2.75) is 13.0 Å².